The molecule has 0 radical (unpaired) electrons. The Bertz CT molecular complexity index is 211. The summed E-state index contributed by atoms with van der Waals surface area (Å²) in [5, 5.41) is 5.06. The molecule has 0 heterocycles. The van der Waals surface area contributed by atoms with Gasteiger partial charge in [-0.05, 0) is 59.4 Å². The molecule has 0 unspecified atom stereocenters. The van der Waals surface area contributed by atoms with E-state index in [1.807, 2.05) is 138 Å². The maximum atomic E-state index is 4.51. The summed E-state index contributed by atoms with van der Waals surface area (Å²) in [4.78, 5) is 0. The van der Waals surface area contributed by atoms with Crippen molar-refractivity contribution in [3.05, 3.63) is 48.1 Å². The van der Waals surface area contributed by atoms with Crippen molar-refractivity contribution in [1.82, 2.24) is 5.32 Å². The second-order valence-electron chi connectivity index (χ2n) is 3.57. The van der Waals surface area contributed by atoms with Gasteiger partial charge >= 0.3 is 0 Å². The molecule has 0 aliphatic rings. The van der Waals surface area contributed by atoms with Crippen LogP contribution in [0.25, 0.3) is 0 Å². The van der Waals surface area contributed by atoms with Gasteiger partial charge in [-0.25, -0.2) is 0 Å². The van der Waals surface area contributed by atoms with Crippen molar-refractivity contribution in [3.63, 3.8) is 0 Å². The Balaban J connectivity index is -0.0000000303. The van der Waals surface area contributed by atoms with Crippen molar-refractivity contribution >= 4 is 11.8 Å². The third-order valence-electron chi connectivity index (χ3n) is 1.54. The van der Waals surface area contributed by atoms with Crippen molar-refractivity contribution in [2.75, 3.05) is 27.0 Å². The smallest absolute Gasteiger partial charge is 0.0781 e. The van der Waals surface area contributed by atoms with E-state index in [-0.39, 0.29) is 0 Å². The van der Waals surface area contributed by atoms with Gasteiger partial charge in [0.1, 0.15) is 0 Å². The predicted molar refractivity (Wildman–Crippen MR) is 149 cm³/mol. The fourth-order valence-corrected chi connectivity index (χ4v) is 1.02. The normalized spacial score (nSPS) is 8.00. The van der Waals surface area contributed by atoms with Gasteiger partial charge in [0.15, 0.2) is 0 Å². The first-order chi connectivity index (χ1) is 14.2. The SMILES string of the molecule is C/C=C\C=C/C.C/C=C\OC.C/C=C\SC.CC.CC.CC.CC.CCCNC. The Morgan fingerprint density at radius 2 is 1.10 bits per heavy atom. The van der Waals surface area contributed by atoms with Crippen LogP contribution in [0.3, 0.4) is 0 Å². The summed E-state index contributed by atoms with van der Waals surface area (Å²) in [5.74, 6) is 0. The maximum Gasteiger partial charge on any atom is 0.0781 e. The summed E-state index contributed by atoms with van der Waals surface area (Å²) in [7, 11) is 3.59. The molecular formula is C26H61NOS. The zero-order chi connectivity index (χ0) is 25.2. The highest BCUT2D eigenvalue weighted by Gasteiger charge is 1.64. The first-order valence-electron chi connectivity index (χ1n) is 11.3. The molecule has 0 rings (SSSR count). The van der Waals surface area contributed by atoms with Crippen molar-refractivity contribution < 1.29 is 4.74 Å². The summed E-state index contributed by atoms with van der Waals surface area (Å²) in [6.45, 7) is 27.2. The Kier molecular flexibility index (Phi) is 222. The van der Waals surface area contributed by atoms with E-state index in [1.54, 1.807) is 25.1 Å². The van der Waals surface area contributed by atoms with Gasteiger partial charge < -0.3 is 10.1 Å². The number of nitrogens with one attached hydrogen (secondary N) is 1. The first kappa shape index (κ1) is 51.1. The fourth-order valence-electron chi connectivity index (χ4n) is 0.744. The molecule has 0 aliphatic carbocycles. The third kappa shape index (κ3) is 261. The molecule has 0 aromatic carbocycles. The van der Waals surface area contributed by atoms with Crippen LogP contribution in [0.5, 0.6) is 0 Å². The summed E-state index contributed by atoms with van der Waals surface area (Å²) in [6, 6.07) is 0. The first-order valence-corrected chi connectivity index (χ1v) is 12.6. The number of rotatable bonds is 5. The molecule has 1 N–H and O–H groups in total. The monoisotopic (exact) mass is 435 g/mol. The largest absolute Gasteiger partial charge is 0.505 e. The minimum Gasteiger partial charge on any atom is -0.505 e. The zero-order valence-corrected chi connectivity index (χ0v) is 24.2. The number of methoxy groups -OCH3 is 1. The summed E-state index contributed by atoms with van der Waals surface area (Å²) in [5.41, 5.74) is 0. The molecule has 29 heavy (non-hydrogen) atoms. The second kappa shape index (κ2) is 126. The molecule has 0 atom stereocenters. The van der Waals surface area contributed by atoms with E-state index >= 15 is 0 Å². The third-order valence-corrected chi connectivity index (χ3v) is 2.08. The van der Waals surface area contributed by atoms with Crippen LogP contribution in [0.2, 0.25) is 0 Å². The zero-order valence-electron chi connectivity index (χ0n) is 23.3. The van der Waals surface area contributed by atoms with E-state index in [0.29, 0.717) is 0 Å². The van der Waals surface area contributed by atoms with Gasteiger partial charge in [0.25, 0.3) is 0 Å². The molecule has 0 saturated heterocycles. The Labute approximate surface area is 193 Å². The molecule has 0 amide bonds. The molecule has 2 nitrogen and oxygen atoms in total. The Morgan fingerprint density at radius 3 is 1.14 bits per heavy atom. The van der Waals surface area contributed by atoms with E-state index in [2.05, 4.69) is 17.0 Å². The molecule has 0 aromatic rings. The minimum atomic E-state index is 1.14. The Morgan fingerprint density at radius 1 is 0.724 bits per heavy atom. The molecule has 0 saturated carbocycles. The molecule has 0 aromatic heterocycles. The van der Waals surface area contributed by atoms with E-state index < -0.39 is 0 Å². The van der Waals surface area contributed by atoms with Gasteiger partial charge in [0.2, 0.25) is 0 Å². The van der Waals surface area contributed by atoms with Crippen LogP contribution in [0.1, 0.15) is 96.4 Å². The van der Waals surface area contributed by atoms with Gasteiger partial charge in [0.05, 0.1) is 13.4 Å². The molecule has 3 heteroatoms. The van der Waals surface area contributed by atoms with Crippen LogP contribution >= 0.6 is 11.8 Å². The number of hydrogen-bond acceptors (Lipinski definition) is 3. The van der Waals surface area contributed by atoms with Crippen LogP contribution < -0.4 is 5.32 Å². The van der Waals surface area contributed by atoms with E-state index in [4.69, 9.17) is 0 Å². The molecule has 182 valence electrons. The van der Waals surface area contributed by atoms with Gasteiger partial charge in [-0.3, -0.25) is 0 Å². The molecule has 0 aliphatic heterocycles. The lowest BCUT2D eigenvalue weighted by molar-refractivity contribution is 0.337. The maximum absolute atomic E-state index is 4.51. The fraction of sp³-hybridized carbons (Fsp3) is 0.692. The van der Waals surface area contributed by atoms with Crippen molar-refractivity contribution in [3.8, 4) is 0 Å². The van der Waals surface area contributed by atoms with Crippen molar-refractivity contribution in [1.29, 1.82) is 0 Å². The molecule has 0 fully saturated rings. The van der Waals surface area contributed by atoms with Crippen LogP contribution in [-0.2, 0) is 4.74 Å². The van der Waals surface area contributed by atoms with Crippen LogP contribution in [0.4, 0.5) is 0 Å². The Hall–Kier alpha value is -0.930. The highest BCUT2D eigenvalue weighted by Crippen LogP contribution is 1.89. The molecular weight excluding hydrogens is 374 g/mol. The number of allylic oxidation sites excluding steroid dienone is 6. The number of thioether (sulfide) groups is 1. The van der Waals surface area contributed by atoms with Gasteiger partial charge in [-0.2, -0.15) is 0 Å². The summed E-state index contributed by atoms with van der Waals surface area (Å²) >= 11 is 1.72. The molecule has 0 spiro atoms. The highest BCUT2D eigenvalue weighted by atomic mass is 32.2. The van der Waals surface area contributed by atoms with Crippen LogP contribution in [-0.4, -0.2) is 27.0 Å². The van der Waals surface area contributed by atoms with E-state index in [9.17, 15) is 0 Å². The number of ether oxygens (including phenoxy) is 1. The van der Waals surface area contributed by atoms with Gasteiger partial charge in [-0.15, -0.1) is 11.8 Å². The van der Waals surface area contributed by atoms with Gasteiger partial charge in [-0.1, -0.05) is 98.8 Å². The van der Waals surface area contributed by atoms with E-state index in [1.165, 1.54) is 6.42 Å². The van der Waals surface area contributed by atoms with Crippen LogP contribution in [0.15, 0.2) is 48.1 Å². The van der Waals surface area contributed by atoms with Crippen molar-refractivity contribution in [2.45, 2.75) is 96.4 Å². The summed E-state index contributed by atoms with van der Waals surface area (Å²) in [6.07, 6.45) is 16.8. The lowest BCUT2D eigenvalue weighted by Gasteiger charge is -1.84. The standard InChI is InChI=1S/C6H10.C4H11N.C4H8O.C4H8S.4C2H6/c1-3-5-6-4-2;3*1-3-4-5-2;4*1-2/h3-6H,1-2H3;5H,3-4H2,1-2H3;2*3-4H,1-2H3;4*1-2H3/b5-3-,6-4-;;2*4-3-;;;;. The average Bonchev–Trinajstić information content (AvgIpc) is 2.81. The lowest BCUT2D eigenvalue weighted by Crippen LogP contribution is -2.04. The van der Waals surface area contributed by atoms with Crippen molar-refractivity contribution in [2.24, 2.45) is 0 Å². The average molecular weight is 436 g/mol. The quantitative estimate of drug-likeness (QED) is 0.343. The predicted octanol–water partition coefficient (Wildman–Crippen LogP) is 9.91. The lowest BCUT2D eigenvalue weighted by atomic mass is 10.5. The summed E-state index contributed by atoms with van der Waals surface area (Å²) < 4.78 is 4.51. The topological polar surface area (TPSA) is 21.3 Å². The minimum absolute atomic E-state index is 1.14. The highest BCUT2D eigenvalue weighted by molar-refractivity contribution is 8.01. The van der Waals surface area contributed by atoms with Crippen LogP contribution in [0, 0.1) is 0 Å². The second-order valence-corrected chi connectivity index (χ2v) is 4.31. The molecule has 0 bridgehead atoms. The van der Waals surface area contributed by atoms with Gasteiger partial charge in [0, 0.05) is 0 Å². The van der Waals surface area contributed by atoms with E-state index in [0.717, 1.165) is 6.54 Å². The number of hydrogen-bond donors (Lipinski definition) is 1.